The van der Waals surface area contributed by atoms with Crippen LogP contribution in [0, 0.1) is 0 Å². The van der Waals surface area contributed by atoms with Crippen LogP contribution in [0.15, 0.2) is 54.6 Å². The second-order valence-corrected chi connectivity index (χ2v) is 6.41. The molecule has 0 aliphatic carbocycles. The number of methoxy groups -OCH3 is 1. The number of hydrogen-bond acceptors (Lipinski definition) is 4. The van der Waals surface area contributed by atoms with E-state index in [4.69, 9.17) is 9.47 Å². The highest BCUT2D eigenvalue weighted by Gasteiger charge is 2.23. The lowest BCUT2D eigenvalue weighted by molar-refractivity contribution is -0.120. The highest BCUT2D eigenvalue weighted by atomic mass is 16.5. The minimum atomic E-state index is 0.0392. The molecule has 5 heteroatoms. The summed E-state index contributed by atoms with van der Waals surface area (Å²) in [6.45, 7) is 3.72. The highest BCUT2D eigenvalue weighted by molar-refractivity contribution is 5.78. The molecule has 26 heavy (non-hydrogen) atoms. The lowest BCUT2D eigenvalue weighted by Gasteiger charge is -2.35. The monoisotopic (exact) mass is 354 g/mol. The fourth-order valence-corrected chi connectivity index (χ4v) is 3.25. The van der Waals surface area contributed by atoms with E-state index >= 15 is 0 Å². The number of rotatable bonds is 7. The maximum atomic E-state index is 12.4. The fourth-order valence-electron chi connectivity index (χ4n) is 3.25. The van der Waals surface area contributed by atoms with Gasteiger partial charge in [-0.2, -0.15) is 0 Å². The Kier molecular flexibility index (Phi) is 6.63. The molecule has 1 fully saturated rings. The zero-order valence-corrected chi connectivity index (χ0v) is 15.2. The van der Waals surface area contributed by atoms with Gasteiger partial charge in [-0.25, -0.2) is 0 Å². The number of nitrogens with one attached hydrogen (secondary N) is 1. The Morgan fingerprint density at radius 1 is 1.15 bits per heavy atom. The summed E-state index contributed by atoms with van der Waals surface area (Å²) in [6, 6.07) is 18.0. The van der Waals surface area contributed by atoms with Crippen molar-refractivity contribution >= 4 is 5.91 Å². The van der Waals surface area contributed by atoms with Gasteiger partial charge < -0.3 is 14.8 Å². The summed E-state index contributed by atoms with van der Waals surface area (Å²) >= 11 is 0. The maximum absolute atomic E-state index is 12.4. The van der Waals surface area contributed by atoms with Crippen molar-refractivity contribution in [3.8, 4) is 5.75 Å². The topological polar surface area (TPSA) is 50.8 Å². The standard InChI is InChI=1S/C21H26N2O3/c1-25-19-9-5-8-18(15-19)20(23-10-12-26-13-11-23)16-22-21(24)14-17-6-3-2-4-7-17/h2-9,15,20H,10-14,16H2,1H3,(H,22,24). The van der Waals surface area contributed by atoms with Gasteiger partial charge >= 0.3 is 0 Å². The Balaban J connectivity index is 1.67. The normalized spacial score (nSPS) is 16.0. The third-order valence-electron chi connectivity index (χ3n) is 4.67. The molecule has 2 aromatic rings. The molecule has 1 aliphatic heterocycles. The number of ether oxygens (including phenoxy) is 2. The number of carbonyl (C=O) groups excluding carboxylic acids is 1. The van der Waals surface area contributed by atoms with E-state index in [0.717, 1.165) is 43.2 Å². The van der Waals surface area contributed by atoms with Crippen LogP contribution in [0.3, 0.4) is 0 Å². The Hall–Kier alpha value is -2.37. The first-order valence-electron chi connectivity index (χ1n) is 9.02. The average Bonchev–Trinajstić information content (AvgIpc) is 2.70. The van der Waals surface area contributed by atoms with Crippen LogP contribution in [-0.4, -0.2) is 50.8 Å². The van der Waals surface area contributed by atoms with Crippen molar-refractivity contribution in [1.29, 1.82) is 0 Å². The SMILES string of the molecule is COc1cccc(C(CNC(=O)Cc2ccccc2)N2CCOCC2)c1. The summed E-state index contributed by atoms with van der Waals surface area (Å²) in [5.41, 5.74) is 2.17. The molecule has 3 rings (SSSR count). The molecule has 2 aromatic carbocycles. The average molecular weight is 354 g/mol. The Labute approximate surface area is 154 Å². The van der Waals surface area contributed by atoms with Gasteiger partial charge in [0.25, 0.3) is 0 Å². The van der Waals surface area contributed by atoms with Gasteiger partial charge in [-0.1, -0.05) is 42.5 Å². The van der Waals surface area contributed by atoms with Gasteiger partial charge in [0, 0.05) is 19.6 Å². The van der Waals surface area contributed by atoms with Gasteiger partial charge in [-0.05, 0) is 23.3 Å². The van der Waals surface area contributed by atoms with E-state index in [-0.39, 0.29) is 11.9 Å². The zero-order valence-electron chi connectivity index (χ0n) is 15.2. The Morgan fingerprint density at radius 2 is 1.92 bits per heavy atom. The molecule has 5 nitrogen and oxygen atoms in total. The number of benzene rings is 2. The summed E-state index contributed by atoms with van der Waals surface area (Å²) in [5.74, 6) is 0.869. The molecular weight excluding hydrogens is 328 g/mol. The quantitative estimate of drug-likeness (QED) is 0.830. The number of morpholine rings is 1. The van der Waals surface area contributed by atoms with Crippen LogP contribution in [0.4, 0.5) is 0 Å². The first-order chi connectivity index (χ1) is 12.8. The molecule has 1 atom stereocenters. The Morgan fingerprint density at radius 3 is 2.65 bits per heavy atom. The van der Waals surface area contributed by atoms with Crippen LogP contribution in [0.2, 0.25) is 0 Å². The first kappa shape index (κ1) is 18.4. The first-order valence-corrected chi connectivity index (χ1v) is 9.02. The second kappa shape index (κ2) is 9.36. The summed E-state index contributed by atoms with van der Waals surface area (Å²) in [5, 5.41) is 3.10. The van der Waals surface area contributed by atoms with Gasteiger partial charge in [0.05, 0.1) is 32.8 Å². The van der Waals surface area contributed by atoms with Gasteiger partial charge in [-0.3, -0.25) is 9.69 Å². The van der Waals surface area contributed by atoms with E-state index in [1.54, 1.807) is 7.11 Å². The molecule has 1 N–H and O–H groups in total. The lowest BCUT2D eigenvalue weighted by atomic mass is 10.0. The molecule has 1 heterocycles. The molecular formula is C21H26N2O3. The van der Waals surface area contributed by atoms with Crippen LogP contribution in [-0.2, 0) is 16.0 Å². The largest absolute Gasteiger partial charge is 0.497 e. The van der Waals surface area contributed by atoms with E-state index in [1.807, 2.05) is 48.5 Å². The molecule has 1 unspecified atom stereocenters. The van der Waals surface area contributed by atoms with Crippen molar-refractivity contribution in [2.75, 3.05) is 40.0 Å². The van der Waals surface area contributed by atoms with E-state index in [1.165, 1.54) is 0 Å². The molecule has 1 amide bonds. The van der Waals surface area contributed by atoms with E-state index in [2.05, 4.69) is 16.3 Å². The number of nitrogens with zero attached hydrogens (tertiary/aromatic N) is 1. The van der Waals surface area contributed by atoms with Crippen molar-refractivity contribution in [3.05, 3.63) is 65.7 Å². The van der Waals surface area contributed by atoms with Crippen LogP contribution >= 0.6 is 0 Å². The number of amides is 1. The van der Waals surface area contributed by atoms with Crippen molar-refractivity contribution in [1.82, 2.24) is 10.2 Å². The van der Waals surface area contributed by atoms with Crippen LogP contribution in [0.5, 0.6) is 5.75 Å². The molecule has 0 aromatic heterocycles. The Bertz CT molecular complexity index is 699. The van der Waals surface area contributed by atoms with Crippen LogP contribution in [0.1, 0.15) is 17.2 Å². The number of hydrogen-bond donors (Lipinski definition) is 1. The minimum Gasteiger partial charge on any atom is -0.497 e. The molecule has 0 saturated carbocycles. The smallest absolute Gasteiger partial charge is 0.224 e. The summed E-state index contributed by atoms with van der Waals surface area (Å²) in [7, 11) is 1.67. The minimum absolute atomic E-state index is 0.0392. The molecule has 0 bridgehead atoms. The van der Waals surface area contributed by atoms with E-state index in [9.17, 15) is 4.79 Å². The van der Waals surface area contributed by atoms with Crippen molar-refractivity contribution in [2.45, 2.75) is 12.5 Å². The predicted molar refractivity (Wildman–Crippen MR) is 101 cm³/mol. The molecule has 1 aliphatic rings. The highest BCUT2D eigenvalue weighted by Crippen LogP contribution is 2.24. The van der Waals surface area contributed by atoms with E-state index in [0.29, 0.717) is 13.0 Å². The van der Waals surface area contributed by atoms with E-state index < -0.39 is 0 Å². The second-order valence-electron chi connectivity index (χ2n) is 6.41. The lowest BCUT2D eigenvalue weighted by Crippen LogP contribution is -2.44. The van der Waals surface area contributed by atoms with Gasteiger partial charge in [0.15, 0.2) is 0 Å². The van der Waals surface area contributed by atoms with Gasteiger partial charge in [0.2, 0.25) is 5.91 Å². The number of carbonyl (C=O) groups is 1. The van der Waals surface area contributed by atoms with Crippen molar-refractivity contribution < 1.29 is 14.3 Å². The van der Waals surface area contributed by atoms with Gasteiger partial charge in [-0.15, -0.1) is 0 Å². The summed E-state index contributed by atoms with van der Waals surface area (Å²) in [6.07, 6.45) is 0.398. The molecule has 0 radical (unpaired) electrons. The zero-order chi connectivity index (χ0) is 18.2. The maximum Gasteiger partial charge on any atom is 0.224 e. The summed E-state index contributed by atoms with van der Waals surface area (Å²) in [4.78, 5) is 14.7. The fraction of sp³-hybridized carbons (Fsp3) is 0.381. The predicted octanol–water partition coefficient (Wildman–Crippen LogP) is 2.43. The molecule has 0 spiro atoms. The summed E-state index contributed by atoms with van der Waals surface area (Å²) < 4.78 is 10.8. The van der Waals surface area contributed by atoms with Gasteiger partial charge in [0.1, 0.15) is 5.75 Å². The van der Waals surface area contributed by atoms with Crippen molar-refractivity contribution in [2.24, 2.45) is 0 Å². The van der Waals surface area contributed by atoms with Crippen LogP contribution < -0.4 is 10.1 Å². The third kappa shape index (κ3) is 5.07. The molecule has 1 saturated heterocycles. The van der Waals surface area contributed by atoms with Crippen LogP contribution in [0.25, 0.3) is 0 Å². The van der Waals surface area contributed by atoms with Crippen molar-refractivity contribution in [3.63, 3.8) is 0 Å². The molecule has 138 valence electrons. The third-order valence-corrected chi connectivity index (χ3v) is 4.67.